The Kier molecular flexibility index (Phi) is 4.60. The summed E-state index contributed by atoms with van der Waals surface area (Å²) in [5.41, 5.74) is 5.38. The van der Waals surface area contributed by atoms with Crippen LogP contribution in [0.4, 0.5) is 11.6 Å². The molecule has 3 N–H and O–H groups in total. The third-order valence-corrected chi connectivity index (χ3v) is 3.59. The Hall–Kier alpha value is -2.05. The molecule has 1 saturated carbocycles. The minimum Gasteiger partial charge on any atom is -0.490 e. The lowest BCUT2D eigenvalue weighted by Gasteiger charge is -2.30. The van der Waals surface area contributed by atoms with Gasteiger partial charge in [0.25, 0.3) is 0 Å². The predicted octanol–water partition coefficient (Wildman–Crippen LogP) is 0.761. The van der Waals surface area contributed by atoms with E-state index >= 15 is 0 Å². The van der Waals surface area contributed by atoms with Crippen LogP contribution in [0.1, 0.15) is 25.7 Å². The van der Waals surface area contributed by atoms with Crippen LogP contribution in [-0.4, -0.2) is 42.6 Å². The first kappa shape index (κ1) is 14.4. The lowest BCUT2D eigenvalue weighted by molar-refractivity contribution is -0.116. The highest BCUT2D eigenvalue weighted by Gasteiger charge is 2.28. The van der Waals surface area contributed by atoms with E-state index in [9.17, 15) is 4.79 Å². The molecule has 7 nitrogen and oxygen atoms in total. The van der Waals surface area contributed by atoms with Gasteiger partial charge in [0.2, 0.25) is 11.7 Å². The topological polar surface area (TPSA) is 93.4 Å². The normalized spacial score (nSPS) is 15.1. The van der Waals surface area contributed by atoms with Gasteiger partial charge in [0.15, 0.2) is 11.6 Å². The molecule has 1 amide bonds. The van der Waals surface area contributed by atoms with E-state index in [1.807, 2.05) is 4.90 Å². The van der Waals surface area contributed by atoms with Gasteiger partial charge in [-0.1, -0.05) is 12.8 Å². The molecule has 0 unspecified atom stereocenters. The molecule has 0 radical (unpaired) electrons. The van der Waals surface area contributed by atoms with Crippen LogP contribution in [0.3, 0.4) is 0 Å². The summed E-state index contributed by atoms with van der Waals surface area (Å²) in [7, 11) is 3.34. The fraction of sp³-hybridized carbons (Fsp3) is 0.615. The minimum absolute atomic E-state index is 0.140. The van der Waals surface area contributed by atoms with E-state index < -0.39 is 0 Å². The zero-order valence-electron chi connectivity index (χ0n) is 11.9. The van der Waals surface area contributed by atoms with Crippen molar-refractivity contribution in [1.29, 1.82) is 0 Å². The van der Waals surface area contributed by atoms with E-state index in [0.717, 1.165) is 25.7 Å². The summed E-state index contributed by atoms with van der Waals surface area (Å²) < 4.78 is 5.41. The first-order valence-corrected chi connectivity index (χ1v) is 6.79. The average molecular weight is 279 g/mol. The fourth-order valence-corrected chi connectivity index (χ4v) is 2.70. The zero-order chi connectivity index (χ0) is 14.5. The van der Waals surface area contributed by atoms with Crippen LogP contribution in [0.2, 0.25) is 0 Å². The van der Waals surface area contributed by atoms with Gasteiger partial charge in [0.05, 0.1) is 13.7 Å². The monoisotopic (exact) mass is 279 g/mol. The van der Waals surface area contributed by atoms with Crippen LogP contribution in [0.5, 0.6) is 5.75 Å². The fourth-order valence-electron chi connectivity index (χ4n) is 2.70. The second kappa shape index (κ2) is 6.40. The van der Waals surface area contributed by atoms with E-state index in [0.29, 0.717) is 17.4 Å². The highest BCUT2D eigenvalue weighted by molar-refractivity contribution is 5.80. The number of anilines is 2. The Morgan fingerprint density at radius 1 is 1.50 bits per heavy atom. The summed E-state index contributed by atoms with van der Waals surface area (Å²) in [6.07, 6.45) is 5.86. The van der Waals surface area contributed by atoms with Crippen molar-refractivity contribution < 1.29 is 9.53 Å². The van der Waals surface area contributed by atoms with Gasteiger partial charge in [-0.3, -0.25) is 4.79 Å². The molecular weight excluding hydrogens is 258 g/mol. The van der Waals surface area contributed by atoms with E-state index in [-0.39, 0.29) is 18.5 Å². The largest absolute Gasteiger partial charge is 0.490 e. The molecule has 0 atom stereocenters. The highest BCUT2D eigenvalue weighted by Crippen LogP contribution is 2.35. The van der Waals surface area contributed by atoms with Crippen LogP contribution >= 0.6 is 0 Å². The van der Waals surface area contributed by atoms with E-state index in [4.69, 9.17) is 10.5 Å². The summed E-state index contributed by atoms with van der Waals surface area (Å²) in [6, 6.07) is 0.274. The van der Waals surface area contributed by atoms with Crippen molar-refractivity contribution in [2.45, 2.75) is 31.7 Å². The molecule has 1 aromatic heterocycles. The summed E-state index contributed by atoms with van der Waals surface area (Å²) in [5.74, 6) is 1.40. The Labute approximate surface area is 118 Å². The molecule has 1 aliphatic rings. The maximum Gasteiger partial charge on any atom is 0.237 e. The van der Waals surface area contributed by atoms with E-state index in [2.05, 4.69) is 15.3 Å². The smallest absolute Gasteiger partial charge is 0.237 e. The SMILES string of the molecule is CNc1ncnc(N(CC(N)=O)C2CCCC2)c1OC. The Bertz CT molecular complexity index is 474. The quantitative estimate of drug-likeness (QED) is 0.798. The third-order valence-electron chi connectivity index (χ3n) is 3.59. The van der Waals surface area contributed by atoms with Gasteiger partial charge in [-0.2, -0.15) is 0 Å². The van der Waals surface area contributed by atoms with Gasteiger partial charge in [-0.15, -0.1) is 0 Å². The second-order valence-corrected chi connectivity index (χ2v) is 4.86. The summed E-state index contributed by atoms with van der Waals surface area (Å²) in [4.78, 5) is 21.7. The molecule has 1 heterocycles. The first-order chi connectivity index (χ1) is 9.67. The number of aromatic nitrogens is 2. The molecule has 2 rings (SSSR count). The third kappa shape index (κ3) is 2.92. The van der Waals surface area contributed by atoms with Crippen LogP contribution in [0, 0.1) is 0 Å². The first-order valence-electron chi connectivity index (χ1n) is 6.79. The molecule has 1 aliphatic carbocycles. The number of nitrogens with one attached hydrogen (secondary N) is 1. The molecule has 0 bridgehead atoms. The summed E-state index contributed by atoms with van der Waals surface area (Å²) in [5, 5.41) is 2.97. The van der Waals surface area contributed by atoms with Gasteiger partial charge >= 0.3 is 0 Å². The van der Waals surface area contributed by atoms with Crippen molar-refractivity contribution in [2.75, 3.05) is 30.9 Å². The molecule has 0 aliphatic heterocycles. The van der Waals surface area contributed by atoms with Gasteiger partial charge in [0.1, 0.15) is 6.33 Å². The number of primary amides is 1. The highest BCUT2D eigenvalue weighted by atomic mass is 16.5. The van der Waals surface area contributed by atoms with Crippen LogP contribution < -0.4 is 20.7 Å². The Morgan fingerprint density at radius 3 is 2.75 bits per heavy atom. The molecule has 20 heavy (non-hydrogen) atoms. The van der Waals surface area contributed by atoms with Gasteiger partial charge in [0, 0.05) is 13.1 Å². The van der Waals surface area contributed by atoms with Crippen molar-refractivity contribution in [3.63, 3.8) is 0 Å². The zero-order valence-corrected chi connectivity index (χ0v) is 11.9. The molecule has 0 aromatic carbocycles. The number of methoxy groups -OCH3 is 1. The molecule has 1 fully saturated rings. The van der Waals surface area contributed by atoms with Gasteiger partial charge in [-0.05, 0) is 12.8 Å². The Balaban J connectivity index is 2.39. The maximum absolute atomic E-state index is 11.4. The number of carbonyl (C=O) groups is 1. The van der Waals surface area contributed by atoms with Gasteiger partial charge in [-0.25, -0.2) is 9.97 Å². The number of nitrogens with two attached hydrogens (primary N) is 1. The van der Waals surface area contributed by atoms with E-state index in [1.54, 1.807) is 14.2 Å². The number of amides is 1. The van der Waals surface area contributed by atoms with Crippen LogP contribution in [0.25, 0.3) is 0 Å². The summed E-state index contributed by atoms with van der Waals surface area (Å²) >= 11 is 0. The number of carbonyl (C=O) groups excluding carboxylic acids is 1. The van der Waals surface area contributed by atoms with Crippen LogP contribution in [0.15, 0.2) is 6.33 Å². The van der Waals surface area contributed by atoms with E-state index in [1.165, 1.54) is 6.33 Å². The lowest BCUT2D eigenvalue weighted by atomic mass is 10.2. The summed E-state index contributed by atoms with van der Waals surface area (Å²) in [6.45, 7) is 0.140. The van der Waals surface area contributed by atoms with Crippen molar-refractivity contribution in [2.24, 2.45) is 5.73 Å². The van der Waals surface area contributed by atoms with Gasteiger partial charge < -0.3 is 20.7 Å². The number of hydrogen-bond acceptors (Lipinski definition) is 6. The lowest BCUT2D eigenvalue weighted by Crippen LogP contribution is -2.41. The van der Waals surface area contributed by atoms with Crippen LogP contribution in [-0.2, 0) is 4.79 Å². The molecule has 1 aromatic rings. The van der Waals surface area contributed by atoms with Crippen molar-refractivity contribution in [1.82, 2.24) is 9.97 Å². The van der Waals surface area contributed by atoms with Crippen molar-refractivity contribution in [3.8, 4) is 5.75 Å². The minimum atomic E-state index is -0.372. The predicted molar refractivity (Wildman–Crippen MR) is 76.9 cm³/mol. The van der Waals surface area contributed by atoms with Crippen molar-refractivity contribution in [3.05, 3.63) is 6.33 Å². The molecule has 7 heteroatoms. The maximum atomic E-state index is 11.4. The number of hydrogen-bond donors (Lipinski definition) is 2. The standard InChI is InChI=1S/C13H21N5O2/c1-15-12-11(20-2)13(17-8-16-12)18(7-10(14)19)9-5-3-4-6-9/h8-9H,3-7H2,1-2H3,(H2,14,19)(H,15,16,17). The van der Waals surface area contributed by atoms with Crippen molar-refractivity contribution >= 4 is 17.5 Å². The molecule has 0 saturated heterocycles. The number of rotatable bonds is 6. The molecule has 0 spiro atoms. The molecular formula is C13H21N5O2. The number of nitrogens with zero attached hydrogens (tertiary/aromatic N) is 3. The Morgan fingerprint density at radius 2 is 2.20 bits per heavy atom. The molecule has 110 valence electrons. The number of ether oxygens (including phenoxy) is 1. The average Bonchev–Trinajstić information content (AvgIpc) is 2.97. The second-order valence-electron chi connectivity index (χ2n) is 4.86.